The highest BCUT2D eigenvalue weighted by Gasteiger charge is 2.42. The number of amides is 11. The van der Waals surface area contributed by atoms with E-state index in [-0.39, 0.29) is 79.4 Å². The van der Waals surface area contributed by atoms with Crippen LogP contribution in [0.2, 0.25) is 0 Å². The summed E-state index contributed by atoms with van der Waals surface area (Å²) in [7, 11) is 26.0. The molecule has 2 atom stereocenters. The summed E-state index contributed by atoms with van der Waals surface area (Å²) in [6.07, 6.45) is 27.4. The number of hydrogen-bond acceptors (Lipinski definition) is 22. The molecule has 0 spiro atoms. The van der Waals surface area contributed by atoms with Gasteiger partial charge in [-0.25, -0.2) is 77.3 Å². The maximum atomic E-state index is 12.2. The molecule has 7 aromatic heterocycles. The molecule has 16 rings (SSSR count). The molecule has 2 fully saturated rings. The van der Waals surface area contributed by atoms with Gasteiger partial charge in [0.25, 0.3) is 0 Å². The van der Waals surface area contributed by atoms with Crippen molar-refractivity contribution in [3.8, 4) is 56.3 Å². The van der Waals surface area contributed by atoms with Crippen LogP contribution in [0.25, 0.3) is 67.3 Å². The van der Waals surface area contributed by atoms with Gasteiger partial charge in [0.05, 0.1) is 47.1 Å². The minimum atomic E-state index is -0.548. The van der Waals surface area contributed by atoms with Crippen molar-refractivity contribution in [1.82, 2.24) is 132 Å². The average Bonchev–Trinajstić information content (AvgIpc) is 1.70. The highest BCUT2D eigenvalue weighted by Crippen LogP contribution is 2.30. The Balaban J connectivity index is 0.000000229. The Labute approximate surface area is 880 Å². The summed E-state index contributed by atoms with van der Waals surface area (Å²) in [5, 5.41) is 18.9. The largest absolute Gasteiger partial charge is 0.444 e. The van der Waals surface area contributed by atoms with Crippen molar-refractivity contribution in [3.05, 3.63) is 299 Å². The predicted molar refractivity (Wildman–Crippen MR) is 585 cm³/mol. The summed E-state index contributed by atoms with van der Waals surface area (Å²) in [6.45, 7) is 19.5. The van der Waals surface area contributed by atoms with Crippen molar-refractivity contribution >= 4 is 71.5 Å². The molecular weight excluding hydrogens is 1900 g/mol. The van der Waals surface area contributed by atoms with Crippen LogP contribution in [0.5, 0.6) is 0 Å². The van der Waals surface area contributed by atoms with E-state index in [1.165, 1.54) is 67.5 Å². The van der Waals surface area contributed by atoms with Gasteiger partial charge < -0.3 is 53.6 Å². The normalized spacial score (nSPS) is 12.4. The Kier molecular flexibility index (Phi) is 48.6. The number of para-hydroxylation sites is 1. The highest BCUT2D eigenvalue weighted by molar-refractivity contribution is 5.92. The lowest BCUT2D eigenvalue weighted by atomic mass is 9.89. The molecule has 9 heterocycles. The number of cyclic esters (lactones) is 2. The van der Waals surface area contributed by atoms with Crippen molar-refractivity contribution in [2.75, 3.05) is 138 Å². The van der Waals surface area contributed by atoms with E-state index in [0.717, 1.165) is 156 Å². The van der Waals surface area contributed by atoms with Gasteiger partial charge in [-0.15, -0.1) is 15.3 Å². The molecule has 2 aliphatic rings. The molecule has 0 bridgehead atoms. The summed E-state index contributed by atoms with van der Waals surface area (Å²) in [4.78, 5) is 151. The monoisotopic (exact) mass is 2050 g/mol. The summed E-state index contributed by atoms with van der Waals surface area (Å²) in [6, 6.07) is 67.4. The van der Waals surface area contributed by atoms with E-state index < -0.39 is 6.09 Å². The van der Waals surface area contributed by atoms with Gasteiger partial charge in [0.2, 0.25) is 0 Å². The SMILES string of the molecule is C.C=C(N(C)C)N1CC(Cc2ccccc2)OC1=O.CCCCCN(C)C(=O)n1cnc(-c2ccccc2)c1.CCCCCN(C)C(=O)n1cnc(-c2ccccc2)c1.CCCCCN(C)C(=O)n1cnc(-c2ccccc2)c1.CN(C)C(=O)N1CC(C(C)(C)C)OC1=O.CN(C)C(=O)n1ccc(-c2ccccc2)n1.CN(C)C(=O)n1cnc(-c2ccccc2)c1.CN(C)C(=O)n1cnnc1.CN(C)C(=O)n1nnc2ccccc21. The predicted octanol–water partition coefficient (Wildman–Crippen LogP) is 20.1. The first-order chi connectivity index (χ1) is 71.2. The maximum absolute atomic E-state index is 12.2. The van der Waals surface area contributed by atoms with Crippen molar-refractivity contribution in [2.45, 2.75) is 125 Å². The number of aromatic nitrogens is 16. The lowest BCUT2D eigenvalue weighted by Crippen LogP contribution is -2.41. The number of fused-ring (bicyclic) bond motifs is 1. The van der Waals surface area contributed by atoms with E-state index >= 15 is 0 Å². The van der Waals surface area contributed by atoms with Crippen LogP contribution in [0.15, 0.2) is 294 Å². The lowest BCUT2D eigenvalue weighted by molar-refractivity contribution is 0.0724. The number of imidazole rings is 4. The molecule has 7 aromatic carbocycles. The van der Waals surface area contributed by atoms with Gasteiger partial charge in [-0.1, -0.05) is 293 Å². The Hall–Kier alpha value is -17.0. The third kappa shape index (κ3) is 37.2. The van der Waals surface area contributed by atoms with Crippen LogP contribution >= 0.6 is 0 Å². The number of carbonyl (C=O) groups excluding carboxylic acids is 10. The van der Waals surface area contributed by atoms with Crippen LogP contribution in [0.1, 0.15) is 112 Å². The first kappa shape index (κ1) is 120. The van der Waals surface area contributed by atoms with Crippen LogP contribution in [-0.4, -0.2) is 343 Å². The van der Waals surface area contributed by atoms with Gasteiger partial charge in [0.15, 0.2) is 0 Å². The first-order valence-electron chi connectivity index (χ1n) is 49.1. The summed E-state index contributed by atoms with van der Waals surface area (Å²) >= 11 is 0. The molecule has 0 aliphatic carbocycles. The summed E-state index contributed by atoms with van der Waals surface area (Å²) < 4.78 is 20.6. The van der Waals surface area contributed by atoms with E-state index in [0.29, 0.717) is 18.9 Å². The molecule has 39 heteroatoms. The van der Waals surface area contributed by atoms with Crippen LogP contribution in [0, 0.1) is 5.41 Å². The van der Waals surface area contributed by atoms with Crippen LogP contribution < -0.4 is 0 Å². The van der Waals surface area contributed by atoms with E-state index in [1.807, 2.05) is 273 Å². The molecule has 11 amide bonds. The molecule has 39 nitrogen and oxygen atoms in total. The molecule has 0 N–H and O–H groups in total. The number of rotatable bonds is 21. The third-order valence-corrected chi connectivity index (χ3v) is 22.7. The van der Waals surface area contributed by atoms with Crippen LogP contribution in [0.3, 0.4) is 0 Å². The molecule has 2 unspecified atom stereocenters. The van der Waals surface area contributed by atoms with Gasteiger partial charge >= 0.3 is 60.4 Å². The van der Waals surface area contributed by atoms with E-state index in [1.54, 1.807) is 154 Å². The van der Waals surface area contributed by atoms with Gasteiger partial charge in [-0.3, -0.25) is 23.2 Å². The zero-order valence-electron chi connectivity index (χ0n) is 89.5. The van der Waals surface area contributed by atoms with Gasteiger partial charge in [0.1, 0.15) is 61.5 Å². The van der Waals surface area contributed by atoms with Gasteiger partial charge in [0, 0.05) is 196 Å². The standard InChI is InChI=1S/3C16H21N3O.C14H18N2O2.2C12H13N3O.C10H18N2O3.C9H10N4O.C5H8N4O.CH4/c3*1-3-4-8-11-18(2)16(20)19-12-15(17-13-19)14-9-6-5-7-10-14;1-11(15(2)3)16-10-13(18-14(16)17)9-12-7-5-4-6-8-12;1-14(2)12(16)15-8-11(13-9-15)10-6-4-3-5-7-10;1-14(2)12(16)15-9-8-11(13-15)10-6-4-3-5-7-10;1-10(2,3)7-6-12(9(14)15-7)8(13)11(4)5;1-12(2)9(14)13-8-6-4-3-5-7(8)10-11-13;1-8(2)5(10)9-3-6-7-4-9;/h3*5-7,9-10,12-13H,3-4,8,11H2,1-2H3;4-8,13H,1,9-10H2,2-3H3;2*3-9H,1-2H3;7H,6H2,1-5H3;3-6H,1-2H3;3-4H,1-2H3;1H4. The quantitative estimate of drug-likeness (QED) is 0.0603. The summed E-state index contributed by atoms with van der Waals surface area (Å²) in [5.74, 6) is 0.663. The van der Waals surface area contributed by atoms with Crippen molar-refractivity contribution in [1.29, 1.82) is 0 Å². The minimum Gasteiger partial charge on any atom is -0.444 e. The second-order valence-corrected chi connectivity index (χ2v) is 37.1. The second-order valence-electron chi connectivity index (χ2n) is 37.1. The smallest absolute Gasteiger partial charge is 0.418 e. The number of unbranched alkanes of at least 4 members (excludes halogenated alkanes) is 6. The van der Waals surface area contributed by atoms with E-state index in [2.05, 4.69) is 72.9 Å². The van der Waals surface area contributed by atoms with Crippen molar-refractivity contribution < 1.29 is 57.4 Å². The molecule has 0 saturated carbocycles. The number of hydrogen-bond donors (Lipinski definition) is 0. The number of nitrogens with zero attached hydrogens (tertiary/aromatic N) is 27. The average molecular weight is 2050 g/mol. The Bertz CT molecular complexity index is 6140. The fourth-order valence-corrected chi connectivity index (χ4v) is 14.0. The molecule has 0 radical (unpaired) electrons. The fourth-order valence-electron chi connectivity index (χ4n) is 14.0. The third-order valence-electron chi connectivity index (χ3n) is 22.7. The number of urea groups is 1. The van der Waals surface area contributed by atoms with Gasteiger partial charge in [-0.2, -0.15) is 14.5 Å². The topological polar surface area (TPSA) is 375 Å². The number of imide groups is 1. The van der Waals surface area contributed by atoms with Crippen LogP contribution in [-0.2, 0) is 15.9 Å². The van der Waals surface area contributed by atoms with E-state index in [4.69, 9.17) is 9.47 Å². The second kappa shape index (κ2) is 60.8. The molecule has 2 aliphatic heterocycles. The minimum absolute atomic E-state index is 0. The number of benzene rings is 7. The molecule has 2 saturated heterocycles. The van der Waals surface area contributed by atoms with Gasteiger partial charge in [-0.05, 0) is 43.0 Å². The Morgan fingerprint density at radius 3 is 1.04 bits per heavy atom. The van der Waals surface area contributed by atoms with E-state index in [9.17, 15) is 47.9 Å². The number of ether oxygens (including phenoxy) is 2. The highest BCUT2D eigenvalue weighted by atomic mass is 16.6. The lowest BCUT2D eigenvalue weighted by Gasteiger charge is -2.24. The molecule has 798 valence electrons. The van der Waals surface area contributed by atoms with Crippen molar-refractivity contribution in [2.24, 2.45) is 5.41 Å². The number of carbonyl (C=O) groups is 10. The zero-order chi connectivity index (χ0) is 109. The zero-order valence-corrected chi connectivity index (χ0v) is 89.5. The molecular formula is C111H147N27O12. The molecule has 14 aromatic rings. The maximum Gasteiger partial charge on any atom is 0.418 e. The Morgan fingerprint density at radius 1 is 0.360 bits per heavy atom. The summed E-state index contributed by atoms with van der Waals surface area (Å²) in [5.41, 5.74) is 11.6. The fraction of sp³-hybridized carbons (Fsp3) is 0.360. The van der Waals surface area contributed by atoms with Crippen molar-refractivity contribution in [3.63, 3.8) is 0 Å². The Morgan fingerprint density at radius 2 is 0.693 bits per heavy atom. The first-order valence-corrected chi connectivity index (χ1v) is 49.1. The van der Waals surface area contributed by atoms with Crippen LogP contribution in [0.4, 0.5) is 47.9 Å². The molecule has 150 heavy (non-hydrogen) atoms.